The molecule has 0 fully saturated rings. The van der Waals surface area contributed by atoms with Gasteiger partial charge in [0, 0.05) is 17.2 Å². The number of ether oxygens (including phenoxy) is 3. The summed E-state index contributed by atoms with van der Waals surface area (Å²) in [5, 5.41) is 11.2. The van der Waals surface area contributed by atoms with Crippen LogP contribution in [-0.2, 0) is 14.3 Å². The predicted molar refractivity (Wildman–Crippen MR) is 117 cm³/mol. The molecule has 1 heterocycles. The summed E-state index contributed by atoms with van der Waals surface area (Å²) in [7, 11) is 0. The van der Waals surface area contributed by atoms with Gasteiger partial charge < -0.3 is 14.2 Å². The van der Waals surface area contributed by atoms with Crippen LogP contribution in [0.25, 0.3) is 6.08 Å². The SMILES string of the molecule is CCOc1cc(/C=C2\N=C(c3cccc([N+](=O)[O-])c3C)OC2=O)ccc1OC(=O)C(C)C. The number of aliphatic imine (C=N–C) groups is 1. The lowest BCUT2D eigenvalue weighted by Gasteiger charge is -2.12. The monoisotopic (exact) mass is 438 g/mol. The van der Waals surface area contributed by atoms with E-state index in [-0.39, 0.29) is 28.9 Å². The van der Waals surface area contributed by atoms with Crippen LogP contribution in [0.4, 0.5) is 5.69 Å². The molecule has 0 amide bonds. The van der Waals surface area contributed by atoms with Gasteiger partial charge in [0.25, 0.3) is 5.69 Å². The first-order valence-electron chi connectivity index (χ1n) is 9.96. The summed E-state index contributed by atoms with van der Waals surface area (Å²) in [6.07, 6.45) is 1.50. The minimum atomic E-state index is -0.681. The topological polar surface area (TPSA) is 117 Å². The molecule has 1 aliphatic heterocycles. The molecule has 0 unspecified atom stereocenters. The van der Waals surface area contributed by atoms with Crippen molar-refractivity contribution in [1.29, 1.82) is 0 Å². The van der Waals surface area contributed by atoms with Gasteiger partial charge in [-0.05, 0) is 43.7 Å². The Kier molecular flexibility index (Phi) is 6.67. The van der Waals surface area contributed by atoms with Crippen molar-refractivity contribution in [2.45, 2.75) is 27.7 Å². The summed E-state index contributed by atoms with van der Waals surface area (Å²) in [6, 6.07) is 9.33. The summed E-state index contributed by atoms with van der Waals surface area (Å²) in [5.41, 5.74) is 1.22. The molecular weight excluding hydrogens is 416 g/mol. The van der Waals surface area contributed by atoms with Crippen LogP contribution in [0.2, 0.25) is 0 Å². The summed E-state index contributed by atoms with van der Waals surface area (Å²) in [6.45, 7) is 7.17. The highest BCUT2D eigenvalue weighted by atomic mass is 16.6. The Morgan fingerprint density at radius 2 is 2.00 bits per heavy atom. The molecule has 166 valence electrons. The van der Waals surface area contributed by atoms with Crippen LogP contribution in [0.1, 0.15) is 37.5 Å². The van der Waals surface area contributed by atoms with Gasteiger partial charge in [-0.25, -0.2) is 9.79 Å². The Labute approximate surface area is 184 Å². The van der Waals surface area contributed by atoms with Gasteiger partial charge in [0.05, 0.1) is 17.4 Å². The molecule has 0 aliphatic carbocycles. The molecule has 32 heavy (non-hydrogen) atoms. The second kappa shape index (κ2) is 9.42. The molecule has 0 radical (unpaired) electrons. The Morgan fingerprint density at radius 1 is 1.25 bits per heavy atom. The maximum Gasteiger partial charge on any atom is 0.363 e. The molecule has 0 aromatic heterocycles. The molecule has 0 saturated carbocycles. The number of cyclic esters (lactones) is 1. The van der Waals surface area contributed by atoms with Gasteiger partial charge in [-0.1, -0.05) is 26.0 Å². The zero-order chi connectivity index (χ0) is 23.4. The second-order valence-electron chi connectivity index (χ2n) is 7.26. The fourth-order valence-electron chi connectivity index (χ4n) is 2.93. The summed E-state index contributed by atoms with van der Waals surface area (Å²) in [5.74, 6) is -0.754. The molecule has 9 heteroatoms. The standard InChI is InChI=1S/C23H22N2O7/c1-5-30-20-12-15(9-10-19(20)31-22(26)13(2)3)11-17-23(27)32-21(24-17)16-7-6-8-18(14(16)4)25(28)29/h6-13H,5H2,1-4H3/b17-11-. The van der Waals surface area contributed by atoms with Gasteiger partial charge in [0.2, 0.25) is 5.90 Å². The van der Waals surface area contributed by atoms with Crippen molar-refractivity contribution in [1.82, 2.24) is 0 Å². The maximum absolute atomic E-state index is 12.4. The van der Waals surface area contributed by atoms with Crippen LogP contribution in [0.3, 0.4) is 0 Å². The third kappa shape index (κ3) is 4.83. The maximum atomic E-state index is 12.4. The number of rotatable bonds is 7. The average Bonchev–Trinajstić information content (AvgIpc) is 3.09. The van der Waals surface area contributed by atoms with Crippen molar-refractivity contribution in [3.05, 3.63) is 68.9 Å². The van der Waals surface area contributed by atoms with E-state index in [0.29, 0.717) is 29.0 Å². The molecule has 1 aliphatic rings. The smallest absolute Gasteiger partial charge is 0.363 e. The second-order valence-corrected chi connectivity index (χ2v) is 7.26. The Bertz CT molecular complexity index is 1150. The highest BCUT2D eigenvalue weighted by Crippen LogP contribution is 2.31. The molecule has 2 aromatic rings. The molecule has 0 bridgehead atoms. The van der Waals surface area contributed by atoms with Crippen LogP contribution in [0.15, 0.2) is 47.1 Å². The fraction of sp³-hybridized carbons (Fsp3) is 0.261. The molecule has 2 aromatic carbocycles. The minimum Gasteiger partial charge on any atom is -0.490 e. The molecule has 0 N–H and O–H groups in total. The van der Waals surface area contributed by atoms with Crippen LogP contribution < -0.4 is 9.47 Å². The minimum absolute atomic E-state index is 0.00466. The normalized spacial score (nSPS) is 14.3. The van der Waals surface area contributed by atoms with E-state index < -0.39 is 16.9 Å². The largest absolute Gasteiger partial charge is 0.490 e. The van der Waals surface area contributed by atoms with Crippen LogP contribution in [0, 0.1) is 23.0 Å². The van der Waals surface area contributed by atoms with Gasteiger partial charge in [-0.15, -0.1) is 0 Å². The quantitative estimate of drug-likeness (QED) is 0.209. The van der Waals surface area contributed by atoms with Crippen molar-refractivity contribution in [3.8, 4) is 11.5 Å². The van der Waals surface area contributed by atoms with E-state index in [9.17, 15) is 19.7 Å². The molecule has 3 rings (SSSR count). The van der Waals surface area contributed by atoms with Crippen molar-refractivity contribution in [3.63, 3.8) is 0 Å². The van der Waals surface area contributed by atoms with E-state index in [1.54, 1.807) is 52.0 Å². The lowest BCUT2D eigenvalue weighted by molar-refractivity contribution is -0.385. The van der Waals surface area contributed by atoms with Gasteiger partial charge in [-0.2, -0.15) is 0 Å². The predicted octanol–water partition coefficient (Wildman–Crippen LogP) is 4.21. The Hall–Kier alpha value is -4.01. The summed E-state index contributed by atoms with van der Waals surface area (Å²) < 4.78 is 16.2. The van der Waals surface area contributed by atoms with E-state index in [1.165, 1.54) is 18.2 Å². The van der Waals surface area contributed by atoms with E-state index in [0.717, 1.165) is 0 Å². The van der Waals surface area contributed by atoms with Gasteiger partial charge in [0.15, 0.2) is 17.2 Å². The zero-order valence-electron chi connectivity index (χ0n) is 18.1. The number of esters is 2. The van der Waals surface area contributed by atoms with Crippen LogP contribution >= 0.6 is 0 Å². The number of nitro benzene ring substituents is 1. The number of carbonyl (C=O) groups excluding carboxylic acids is 2. The average molecular weight is 438 g/mol. The first kappa shape index (κ1) is 22.7. The third-order valence-electron chi connectivity index (χ3n) is 4.61. The molecule has 0 saturated heterocycles. The van der Waals surface area contributed by atoms with Gasteiger partial charge in [-0.3, -0.25) is 14.9 Å². The lowest BCUT2D eigenvalue weighted by atomic mass is 10.1. The highest BCUT2D eigenvalue weighted by Gasteiger charge is 2.27. The highest BCUT2D eigenvalue weighted by molar-refractivity contribution is 6.13. The van der Waals surface area contributed by atoms with Gasteiger partial charge >= 0.3 is 11.9 Å². The molecule has 9 nitrogen and oxygen atoms in total. The summed E-state index contributed by atoms with van der Waals surface area (Å²) >= 11 is 0. The Balaban J connectivity index is 1.94. The Morgan fingerprint density at radius 3 is 2.66 bits per heavy atom. The molecule has 0 spiro atoms. The first-order valence-corrected chi connectivity index (χ1v) is 9.96. The van der Waals surface area contributed by atoms with Crippen LogP contribution in [-0.4, -0.2) is 29.4 Å². The van der Waals surface area contributed by atoms with E-state index in [2.05, 4.69) is 4.99 Å². The van der Waals surface area contributed by atoms with Crippen molar-refractivity contribution >= 4 is 29.6 Å². The lowest BCUT2D eigenvalue weighted by Crippen LogP contribution is -2.15. The number of hydrogen-bond acceptors (Lipinski definition) is 8. The van der Waals surface area contributed by atoms with Crippen LogP contribution in [0.5, 0.6) is 11.5 Å². The van der Waals surface area contributed by atoms with Crippen molar-refractivity contribution in [2.24, 2.45) is 10.9 Å². The van der Waals surface area contributed by atoms with E-state index >= 15 is 0 Å². The molecule has 0 atom stereocenters. The number of nitrogens with zero attached hydrogens (tertiary/aromatic N) is 2. The van der Waals surface area contributed by atoms with E-state index in [4.69, 9.17) is 14.2 Å². The first-order chi connectivity index (χ1) is 15.2. The number of nitro groups is 1. The van der Waals surface area contributed by atoms with E-state index in [1.807, 2.05) is 0 Å². The third-order valence-corrected chi connectivity index (χ3v) is 4.61. The van der Waals surface area contributed by atoms with Crippen molar-refractivity contribution < 1.29 is 28.7 Å². The van der Waals surface area contributed by atoms with Gasteiger partial charge in [0.1, 0.15) is 0 Å². The number of hydrogen-bond donors (Lipinski definition) is 0. The van der Waals surface area contributed by atoms with Crippen molar-refractivity contribution in [2.75, 3.05) is 6.61 Å². The summed E-state index contributed by atoms with van der Waals surface area (Å²) in [4.78, 5) is 39.2. The number of benzene rings is 2. The fourth-order valence-corrected chi connectivity index (χ4v) is 2.93. The number of carbonyl (C=O) groups is 2. The zero-order valence-corrected chi connectivity index (χ0v) is 18.1. The molecular formula is C23H22N2O7.